The predicted octanol–water partition coefficient (Wildman–Crippen LogP) is 2.57. The fourth-order valence-electron chi connectivity index (χ4n) is 3.32. The molecule has 1 aliphatic heterocycles. The molecule has 134 valence electrons. The van der Waals surface area contributed by atoms with E-state index in [1.807, 2.05) is 4.90 Å². The van der Waals surface area contributed by atoms with Crippen LogP contribution < -0.4 is 0 Å². The summed E-state index contributed by atoms with van der Waals surface area (Å²) >= 11 is 0. The summed E-state index contributed by atoms with van der Waals surface area (Å²) in [4.78, 5) is 26.1. The number of morpholine rings is 1. The van der Waals surface area contributed by atoms with E-state index in [4.69, 9.17) is 4.74 Å². The molecule has 0 aliphatic carbocycles. The third-order valence-corrected chi connectivity index (χ3v) is 4.67. The van der Waals surface area contributed by atoms with Crippen LogP contribution >= 0.6 is 0 Å². The summed E-state index contributed by atoms with van der Waals surface area (Å²) in [6, 6.07) is 6.46. The van der Waals surface area contributed by atoms with Gasteiger partial charge >= 0.3 is 0 Å². The van der Waals surface area contributed by atoms with Crippen molar-refractivity contribution in [2.45, 2.75) is 18.9 Å². The summed E-state index contributed by atoms with van der Waals surface area (Å²) in [5.41, 5.74) is 1.65. The number of para-hydroxylation sites is 1. The molecule has 1 aliphatic rings. The second kappa shape index (κ2) is 7.21. The highest BCUT2D eigenvalue weighted by Gasteiger charge is 2.29. The fraction of sp³-hybridized carbons (Fsp3) is 0.316. The first kappa shape index (κ1) is 16.7. The summed E-state index contributed by atoms with van der Waals surface area (Å²) in [6.45, 7) is 1.50. The number of amides is 1. The largest absolute Gasteiger partial charge is 0.377 e. The molecule has 3 heterocycles. The maximum absolute atomic E-state index is 13.9. The lowest BCUT2D eigenvalue weighted by atomic mass is 10.1. The number of benzene rings is 1. The molecule has 0 unspecified atom stereocenters. The number of hydrogen-bond donors (Lipinski definition) is 1. The number of H-pyrrole nitrogens is 1. The predicted molar refractivity (Wildman–Crippen MR) is 94.3 cm³/mol. The van der Waals surface area contributed by atoms with Gasteiger partial charge in [-0.05, 0) is 25.0 Å². The molecule has 3 aromatic rings. The minimum absolute atomic E-state index is 0.0467. The summed E-state index contributed by atoms with van der Waals surface area (Å²) in [5.74, 6) is -0.490. The van der Waals surface area contributed by atoms with Crippen LogP contribution in [0.4, 0.5) is 4.39 Å². The van der Waals surface area contributed by atoms with E-state index in [1.54, 1.807) is 36.8 Å². The highest BCUT2D eigenvalue weighted by atomic mass is 19.1. The van der Waals surface area contributed by atoms with Gasteiger partial charge in [-0.25, -0.2) is 4.39 Å². The Hall–Kier alpha value is -2.80. The number of aryl methyl sites for hydroxylation is 1. The van der Waals surface area contributed by atoms with Crippen molar-refractivity contribution in [1.82, 2.24) is 19.9 Å². The molecule has 7 heteroatoms. The number of rotatable bonds is 4. The van der Waals surface area contributed by atoms with Gasteiger partial charge in [-0.2, -0.15) is 0 Å². The second-order valence-corrected chi connectivity index (χ2v) is 6.35. The lowest BCUT2D eigenvalue weighted by Crippen LogP contribution is -2.49. The third-order valence-electron chi connectivity index (χ3n) is 4.67. The molecule has 1 N–H and O–H groups in total. The zero-order valence-electron chi connectivity index (χ0n) is 14.2. The number of halogens is 1. The smallest absolute Gasteiger partial charge is 0.270 e. The first-order chi connectivity index (χ1) is 12.7. The molecule has 1 aromatic carbocycles. The average Bonchev–Trinajstić information content (AvgIpc) is 3.13. The molecule has 2 aromatic heterocycles. The van der Waals surface area contributed by atoms with Gasteiger partial charge in [0.25, 0.3) is 5.91 Å². The fourth-order valence-corrected chi connectivity index (χ4v) is 3.32. The van der Waals surface area contributed by atoms with E-state index in [-0.39, 0.29) is 17.8 Å². The van der Waals surface area contributed by atoms with Gasteiger partial charge in [-0.3, -0.25) is 14.8 Å². The number of hydrogen-bond acceptors (Lipinski definition) is 4. The second-order valence-electron chi connectivity index (χ2n) is 6.35. The first-order valence-electron chi connectivity index (χ1n) is 8.63. The number of aromatic amines is 1. The van der Waals surface area contributed by atoms with Gasteiger partial charge in [-0.15, -0.1) is 0 Å². The maximum Gasteiger partial charge on any atom is 0.270 e. The number of carbonyl (C=O) groups excluding carboxylic acids is 1. The third kappa shape index (κ3) is 3.30. The molecule has 6 nitrogen and oxygen atoms in total. The Balaban J connectivity index is 1.52. The van der Waals surface area contributed by atoms with Crippen molar-refractivity contribution in [3.05, 3.63) is 60.1 Å². The summed E-state index contributed by atoms with van der Waals surface area (Å²) in [6.07, 6.45) is 6.48. The van der Waals surface area contributed by atoms with Crippen molar-refractivity contribution >= 4 is 16.8 Å². The molecule has 1 atom stereocenters. The zero-order chi connectivity index (χ0) is 17.9. The number of nitrogens with zero attached hydrogens (tertiary/aromatic N) is 3. The van der Waals surface area contributed by atoms with E-state index in [9.17, 15) is 9.18 Å². The highest BCUT2D eigenvalue weighted by Crippen LogP contribution is 2.22. The van der Waals surface area contributed by atoms with E-state index in [1.165, 1.54) is 6.07 Å². The Labute approximate surface area is 150 Å². The normalized spacial score (nSPS) is 17.6. The molecule has 0 spiro atoms. The van der Waals surface area contributed by atoms with Gasteiger partial charge in [0.05, 0.1) is 30.5 Å². The highest BCUT2D eigenvalue weighted by molar-refractivity contribution is 5.98. The van der Waals surface area contributed by atoms with Crippen LogP contribution in [-0.4, -0.2) is 51.6 Å². The SMILES string of the molecule is O=C(c1cc2cccc(F)c2[nH]1)N1CCOC[C@H]1CCc1cnccn1. The number of ether oxygens (including phenoxy) is 1. The van der Waals surface area contributed by atoms with E-state index >= 15 is 0 Å². The Morgan fingerprint density at radius 1 is 1.38 bits per heavy atom. The van der Waals surface area contributed by atoms with Crippen LogP contribution in [-0.2, 0) is 11.2 Å². The monoisotopic (exact) mass is 354 g/mol. The van der Waals surface area contributed by atoms with Crippen LogP contribution in [0.2, 0.25) is 0 Å². The molecule has 1 fully saturated rings. The molecule has 1 saturated heterocycles. The Bertz CT molecular complexity index is 912. The van der Waals surface area contributed by atoms with Gasteiger partial charge in [0.15, 0.2) is 0 Å². The van der Waals surface area contributed by atoms with Crippen LogP contribution in [0.15, 0.2) is 42.9 Å². The maximum atomic E-state index is 13.9. The number of carbonyl (C=O) groups is 1. The average molecular weight is 354 g/mol. The first-order valence-corrected chi connectivity index (χ1v) is 8.63. The lowest BCUT2D eigenvalue weighted by Gasteiger charge is -2.35. The van der Waals surface area contributed by atoms with Crippen LogP contribution in [0, 0.1) is 5.82 Å². The lowest BCUT2D eigenvalue weighted by molar-refractivity contribution is -0.00438. The van der Waals surface area contributed by atoms with Crippen LogP contribution in [0.25, 0.3) is 10.9 Å². The van der Waals surface area contributed by atoms with Gasteiger partial charge in [0, 0.05) is 30.5 Å². The summed E-state index contributed by atoms with van der Waals surface area (Å²) < 4.78 is 19.5. The van der Waals surface area contributed by atoms with Crippen molar-refractivity contribution in [3.63, 3.8) is 0 Å². The Kier molecular flexibility index (Phi) is 4.62. The molecular formula is C19H19FN4O2. The summed E-state index contributed by atoms with van der Waals surface area (Å²) in [5, 5.41) is 0.692. The van der Waals surface area contributed by atoms with Crippen LogP contribution in [0.1, 0.15) is 22.6 Å². The minimum Gasteiger partial charge on any atom is -0.377 e. The van der Waals surface area contributed by atoms with Crippen molar-refractivity contribution < 1.29 is 13.9 Å². The summed E-state index contributed by atoms with van der Waals surface area (Å²) in [7, 11) is 0. The standard InChI is InChI=1S/C19H19FN4O2/c20-16-3-1-2-13-10-17(23-18(13)16)19(25)24-8-9-26-12-15(24)5-4-14-11-21-6-7-22-14/h1-3,6-7,10-11,15,23H,4-5,8-9,12H2/t15-/m1/s1. The van der Waals surface area contributed by atoms with E-state index in [0.717, 1.165) is 12.1 Å². The van der Waals surface area contributed by atoms with Crippen molar-refractivity contribution in [1.29, 1.82) is 0 Å². The topological polar surface area (TPSA) is 71.1 Å². The Morgan fingerprint density at radius 3 is 3.12 bits per heavy atom. The molecule has 0 radical (unpaired) electrons. The number of fused-ring (bicyclic) bond motifs is 1. The molecule has 0 saturated carbocycles. The van der Waals surface area contributed by atoms with Gasteiger partial charge in [0.2, 0.25) is 0 Å². The molecule has 4 rings (SSSR count). The zero-order valence-corrected chi connectivity index (χ0v) is 14.2. The number of aromatic nitrogens is 3. The minimum atomic E-state index is -0.359. The van der Waals surface area contributed by atoms with E-state index < -0.39 is 0 Å². The number of nitrogens with one attached hydrogen (secondary N) is 1. The molecule has 1 amide bonds. The van der Waals surface area contributed by atoms with Crippen LogP contribution in [0.3, 0.4) is 0 Å². The quantitative estimate of drug-likeness (QED) is 0.782. The van der Waals surface area contributed by atoms with Crippen molar-refractivity contribution in [3.8, 4) is 0 Å². The molecule has 0 bridgehead atoms. The van der Waals surface area contributed by atoms with Crippen molar-refractivity contribution in [2.24, 2.45) is 0 Å². The molecule has 26 heavy (non-hydrogen) atoms. The van der Waals surface area contributed by atoms with Crippen molar-refractivity contribution in [2.75, 3.05) is 19.8 Å². The van der Waals surface area contributed by atoms with Gasteiger partial charge in [0.1, 0.15) is 11.5 Å². The molecular weight excluding hydrogens is 335 g/mol. The van der Waals surface area contributed by atoms with Crippen LogP contribution in [0.5, 0.6) is 0 Å². The van der Waals surface area contributed by atoms with E-state index in [2.05, 4.69) is 15.0 Å². The van der Waals surface area contributed by atoms with Gasteiger partial charge in [-0.1, -0.05) is 12.1 Å². The van der Waals surface area contributed by atoms with E-state index in [0.29, 0.717) is 42.8 Å². The Morgan fingerprint density at radius 2 is 2.31 bits per heavy atom. The van der Waals surface area contributed by atoms with Gasteiger partial charge < -0.3 is 14.6 Å².